The zero-order valence-corrected chi connectivity index (χ0v) is 19.0. The molecule has 0 fully saturated rings. The average molecular weight is 450 g/mol. The molecule has 170 valence electrons. The molecular formula is C18H27O11P. The van der Waals surface area contributed by atoms with Gasteiger partial charge in [-0.15, -0.1) is 0 Å². The van der Waals surface area contributed by atoms with Crippen molar-refractivity contribution in [2.45, 2.75) is 20.8 Å². The van der Waals surface area contributed by atoms with E-state index in [2.05, 4.69) is 0 Å². The Morgan fingerprint density at radius 2 is 0.833 bits per heavy atom. The molecule has 0 atom stereocenters. The molecule has 0 radical (unpaired) electrons. The van der Waals surface area contributed by atoms with Gasteiger partial charge in [0.05, 0.1) is 0 Å². The van der Waals surface area contributed by atoms with Gasteiger partial charge in [0.1, 0.15) is 0 Å². The van der Waals surface area contributed by atoms with Gasteiger partial charge in [-0.25, -0.2) is 0 Å². The fraction of sp³-hybridized carbons (Fsp3) is 0.556. The van der Waals surface area contributed by atoms with Crippen LogP contribution < -0.4 is 0 Å². The van der Waals surface area contributed by atoms with Crippen LogP contribution in [0.2, 0.25) is 0 Å². The summed E-state index contributed by atoms with van der Waals surface area (Å²) in [6, 6.07) is 0. The molecule has 0 saturated carbocycles. The van der Waals surface area contributed by atoms with E-state index in [1.54, 1.807) is 20.8 Å². The van der Waals surface area contributed by atoms with Crippen molar-refractivity contribution in [2.24, 2.45) is 0 Å². The van der Waals surface area contributed by atoms with Gasteiger partial charge in [0.15, 0.2) is 0 Å². The normalized spacial score (nSPS) is 18.3. The number of rotatable bonds is 10. The number of hydrogen-bond donors (Lipinski definition) is 0. The SMILES string of the molecule is CCOP1(OCC)(OCC)C(C(=O)OC)=C(C(=O)OC)C(C(=O)OC)=C1C(=O)OC. The Morgan fingerprint density at radius 3 is 1.03 bits per heavy atom. The van der Waals surface area contributed by atoms with E-state index in [1.165, 1.54) is 0 Å². The van der Waals surface area contributed by atoms with Crippen LogP contribution in [0.3, 0.4) is 0 Å². The number of carbonyl (C=O) groups excluding carboxylic acids is 4. The van der Waals surface area contributed by atoms with Gasteiger partial charge in [-0.05, 0) is 0 Å². The second-order valence-corrected chi connectivity index (χ2v) is 8.99. The summed E-state index contributed by atoms with van der Waals surface area (Å²) in [6.07, 6.45) is 0. The van der Waals surface area contributed by atoms with E-state index >= 15 is 0 Å². The fourth-order valence-electron chi connectivity index (χ4n) is 3.25. The van der Waals surface area contributed by atoms with Gasteiger partial charge in [-0.3, -0.25) is 0 Å². The number of hydrogen-bond acceptors (Lipinski definition) is 11. The number of methoxy groups -OCH3 is 4. The fourth-order valence-corrected chi connectivity index (χ4v) is 7.87. The second kappa shape index (κ2) is 10.1. The molecule has 0 aromatic carbocycles. The summed E-state index contributed by atoms with van der Waals surface area (Å²) >= 11 is 0. The van der Waals surface area contributed by atoms with Gasteiger partial charge in [-0.2, -0.15) is 0 Å². The van der Waals surface area contributed by atoms with E-state index < -0.39 is 52.9 Å². The Hall–Kier alpha value is -2.33. The van der Waals surface area contributed by atoms with Crippen LogP contribution >= 0.6 is 7.28 Å². The zero-order chi connectivity index (χ0) is 23.1. The van der Waals surface area contributed by atoms with E-state index in [9.17, 15) is 19.2 Å². The van der Waals surface area contributed by atoms with Crippen LogP contribution in [0.15, 0.2) is 21.8 Å². The summed E-state index contributed by atoms with van der Waals surface area (Å²) in [5.41, 5.74) is -1.21. The molecule has 12 heteroatoms. The van der Waals surface area contributed by atoms with Crippen molar-refractivity contribution in [1.82, 2.24) is 0 Å². The first-order valence-electron chi connectivity index (χ1n) is 9.00. The van der Waals surface area contributed by atoms with Crippen LogP contribution in [0, 0.1) is 0 Å². The van der Waals surface area contributed by atoms with Crippen molar-refractivity contribution in [2.75, 3.05) is 48.3 Å². The monoisotopic (exact) mass is 450 g/mol. The summed E-state index contributed by atoms with van der Waals surface area (Å²) in [5, 5.41) is -1.14. The van der Waals surface area contributed by atoms with Crippen molar-refractivity contribution < 1.29 is 51.7 Å². The molecule has 1 aliphatic heterocycles. The molecule has 0 saturated heterocycles. The van der Waals surface area contributed by atoms with E-state index in [0.29, 0.717) is 0 Å². The third-order valence-corrected chi connectivity index (χ3v) is 8.66. The third-order valence-electron chi connectivity index (χ3n) is 4.12. The van der Waals surface area contributed by atoms with Crippen molar-refractivity contribution >= 4 is 31.2 Å². The molecule has 0 spiro atoms. The van der Waals surface area contributed by atoms with Crippen LogP contribution in [-0.4, -0.2) is 72.1 Å². The van der Waals surface area contributed by atoms with Gasteiger partial charge in [-0.1, -0.05) is 0 Å². The second-order valence-electron chi connectivity index (χ2n) is 5.55. The molecule has 1 aliphatic rings. The molecule has 1 rings (SSSR count). The van der Waals surface area contributed by atoms with Crippen molar-refractivity contribution in [1.29, 1.82) is 0 Å². The summed E-state index contributed by atoms with van der Waals surface area (Å²) in [7, 11) is -1.04. The van der Waals surface area contributed by atoms with Crippen molar-refractivity contribution in [3.05, 3.63) is 21.8 Å². The Morgan fingerprint density at radius 1 is 0.567 bits per heavy atom. The summed E-state index contributed by atoms with van der Waals surface area (Å²) in [5.74, 6) is -4.46. The molecule has 0 aromatic rings. The minimum absolute atomic E-state index is 0.123. The Bertz CT molecular complexity index is 720. The Labute approximate surface area is 174 Å². The maximum absolute atomic E-state index is 13.0. The van der Waals surface area contributed by atoms with E-state index in [1.807, 2.05) is 0 Å². The average Bonchev–Trinajstić information content (AvgIpc) is 2.99. The van der Waals surface area contributed by atoms with E-state index in [4.69, 9.17) is 32.5 Å². The van der Waals surface area contributed by atoms with Gasteiger partial charge >= 0.3 is 174 Å². The standard InChI is InChI=1S/C18H27O11P/c1-8-27-30(28-9-2,29-10-3)13(17(21)25-6)11(15(19)23-4)12(16(20)24-5)14(30)18(22)26-7/h8-10H2,1-7H3. The predicted octanol–water partition coefficient (Wildman–Crippen LogP) is 1.61. The number of esters is 4. The van der Waals surface area contributed by atoms with E-state index in [0.717, 1.165) is 28.4 Å². The first kappa shape index (κ1) is 25.7. The quantitative estimate of drug-likeness (QED) is 0.273. The van der Waals surface area contributed by atoms with Crippen LogP contribution in [0.5, 0.6) is 0 Å². The summed E-state index contributed by atoms with van der Waals surface area (Å²) < 4.78 is 37.1. The predicted molar refractivity (Wildman–Crippen MR) is 104 cm³/mol. The Balaban J connectivity index is 4.46. The number of carbonyl (C=O) groups is 4. The van der Waals surface area contributed by atoms with Crippen LogP contribution in [0.25, 0.3) is 0 Å². The van der Waals surface area contributed by atoms with Gasteiger partial charge < -0.3 is 0 Å². The molecule has 0 N–H and O–H groups in total. The van der Waals surface area contributed by atoms with Gasteiger partial charge in [0.2, 0.25) is 0 Å². The molecule has 11 nitrogen and oxygen atoms in total. The van der Waals surface area contributed by atoms with Gasteiger partial charge in [0, 0.05) is 0 Å². The first-order valence-corrected chi connectivity index (χ1v) is 11.0. The summed E-state index contributed by atoms with van der Waals surface area (Å²) in [4.78, 5) is 51.4. The Kier molecular flexibility index (Phi) is 8.67. The van der Waals surface area contributed by atoms with Crippen molar-refractivity contribution in [3.8, 4) is 0 Å². The molecule has 0 amide bonds. The molecule has 0 aromatic heterocycles. The number of ether oxygens (including phenoxy) is 4. The zero-order valence-electron chi connectivity index (χ0n) is 18.1. The molecule has 30 heavy (non-hydrogen) atoms. The first-order chi connectivity index (χ1) is 14.2. The van der Waals surface area contributed by atoms with E-state index in [-0.39, 0.29) is 19.8 Å². The minimum atomic E-state index is -5.20. The molecular weight excluding hydrogens is 423 g/mol. The molecule has 1 heterocycles. The molecule has 0 bridgehead atoms. The molecule has 0 unspecified atom stereocenters. The maximum atomic E-state index is 13.0. The van der Waals surface area contributed by atoms with Gasteiger partial charge in [0.25, 0.3) is 0 Å². The topological polar surface area (TPSA) is 133 Å². The van der Waals surface area contributed by atoms with Crippen LogP contribution in [0.4, 0.5) is 0 Å². The molecule has 0 aliphatic carbocycles. The summed E-state index contributed by atoms with van der Waals surface area (Å²) in [6.45, 7) is 4.31. The van der Waals surface area contributed by atoms with Crippen LogP contribution in [0.1, 0.15) is 20.8 Å². The third kappa shape index (κ3) is 3.74. The van der Waals surface area contributed by atoms with Crippen molar-refractivity contribution in [3.63, 3.8) is 0 Å². The van der Waals surface area contributed by atoms with Crippen LogP contribution in [-0.2, 0) is 51.7 Å².